The molecule has 0 aliphatic rings. The summed E-state index contributed by atoms with van der Waals surface area (Å²) >= 11 is 0. The number of carbonyl (C=O) groups is 1. The molecule has 0 atom stereocenters. The van der Waals surface area contributed by atoms with Gasteiger partial charge in [-0.05, 0) is 20.2 Å². The Balaban J connectivity index is 2.20. The van der Waals surface area contributed by atoms with Gasteiger partial charge >= 0.3 is 0 Å². The maximum absolute atomic E-state index is 11.6. The van der Waals surface area contributed by atoms with Crippen LogP contribution in [0.15, 0.2) is 23.1 Å². The van der Waals surface area contributed by atoms with Gasteiger partial charge in [0.25, 0.3) is 5.91 Å². The van der Waals surface area contributed by atoms with Crippen molar-refractivity contribution in [3.63, 3.8) is 0 Å². The maximum Gasteiger partial charge on any atom is 0.251 e. The molecule has 6 heteroatoms. The fourth-order valence-electron chi connectivity index (χ4n) is 1.27. The molecular weight excluding hydrogens is 234 g/mol. The van der Waals surface area contributed by atoms with Crippen LogP contribution in [0.2, 0.25) is 0 Å². The lowest BCUT2D eigenvalue weighted by Gasteiger charge is -2.10. The summed E-state index contributed by atoms with van der Waals surface area (Å²) in [6.45, 7) is 2.37. The SMILES string of the molecule is CN(C)CCOCCNC(=O)c1cc[nH]c(=O)c1. The molecule has 6 nitrogen and oxygen atoms in total. The van der Waals surface area contributed by atoms with Gasteiger partial charge in [0.1, 0.15) is 0 Å². The second-order valence-electron chi connectivity index (χ2n) is 4.11. The van der Waals surface area contributed by atoms with E-state index in [1.54, 1.807) is 6.07 Å². The minimum absolute atomic E-state index is 0.266. The van der Waals surface area contributed by atoms with Crippen LogP contribution in [0, 0.1) is 0 Å². The number of nitrogens with zero attached hydrogens (tertiary/aromatic N) is 1. The summed E-state index contributed by atoms with van der Waals surface area (Å²) < 4.78 is 5.33. The number of amides is 1. The standard InChI is InChI=1S/C12H19N3O3/c1-15(2)6-8-18-7-5-14-12(17)10-3-4-13-11(16)9-10/h3-4,9H,5-8H2,1-2H3,(H,13,16)(H,14,17). The van der Waals surface area contributed by atoms with Crippen LogP contribution in [0.25, 0.3) is 0 Å². The molecule has 1 aromatic rings. The third-order valence-electron chi connectivity index (χ3n) is 2.25. The Morgan fingerprint density at radius 2 is 2.22 bits per heavy atom. The average Bonchev–Trinajstić information content (AvgIpc) is 2.33. The van der Waals surface area contributed by atoms with E-state index < -0.39 is 0 Å². The zero-order valence-corrected chi connectivity index (χ0v) is 10.7. The van der Waals surface area contributed by atoms with Crippen LogP contribution >= 0.6 is 0 Å². The van der Waals surface area contributed by atoms with Crippen molar-refractivity contribution in [2.75, 3.05) is 40.4 Å². The molecule has 1 heterocycles. The first-order valence-corrected chi connectivity index (χ1v) is 5.79. The van der Waals surface area contributed by atoms with E-state index in [1.165, 1.54) is 12.3 Å². The smallest absolute Gasteiger partial charge is 0.251 e. The lowest BCUT2D eigenvalue weighted by Crippen LogP contribution is -2.29. The van der Waals surface area contributed by atoms with Gasteiger partial charge in [-0.15, -0.1) is 0 Å². The molecule has 2 N–H and O–H groups in total. The molecule has 0 aliphatic heterocycles. The molecule has 0 unspecified atom stereocenters. The number of pyridine rings is 1. The van der Waals surface area contributed by atoms with E-state index in [9.17, 15) is 9.59 Å². The van der Waals surface area contributed by atoms with Crippen LogP contribution in [0.3, 0.4) is 0 Å². The Hall–Kier alpha value is -1.66. The highest BCUT2D eigenvalue weighted by Gasteiger charge is 2.04. The zero-order valence-electron chi connectivity index (χ0n) is 10.7. The molecular formula is C12H19N3O3. The van der Waals surface area contributed by atoms with Crippen LogP contribution in [0.1, 0.15) is 10.4 Å². The van der Waals surface area contributed by atoms with Gasteiger partial charge in [-0.1, -0.05) is 0 Å². The second-order valence-corrected chi connectivity index (χ2v) is 4.11. The van der Waals surface area contributed by atoms with Crippen LogP contribution < -0.4 is 10.9 Å². The highest BCUT2D eigenvalue weighted by Crippen LogP contribution is 1.91. The predicted octanol–water partition coefficient (Wildman–Crippen LogP) is -0.317. The molecule has 1 rings (SSSR count). The minimum Gasteiger partial charge on any atom is -0.378 e. The largest absolute Gasteiger partial charge is 0.378 e. The van der Waals surface area contributed by atoms with Gasteiger partial charge in [0.05, 0.1) is 13.2 Å². The summed E-state index contributed by atoms with van der Waals surface area (Å²) in [6, 6.07) is 2.83. The van der Waals surface area contributed by atoms with E-state index in [-0.39, 0.29) is 11.5 Å². The zero-order chi connectivity index (χ0) is 13.4. The Bertz CT molecular complexity index is 429. The number of carbonyl (C=O) groups excluding carboxylic acids is 1. The summed E-state index contributed by atoms with van der Waals surface area (Å²) in [7, 11) is 3.94. The quantitative estimate of drug-likeness (QED) is 0.653. The number of nitrogens with one attached hydrogen (secondary N) is 2. The number of ether oxygens (including phenoxy) is 1. The lowest BCUT2D eigenvalue weighted by molar-refractivity contribution is 0.0900. The number of hydrogen-bond acceptors (Lipinski definition) is 4. The molecule has 1 aromatic heterocycles. The number of hydrogen-bond donors (Lipinski definition) is 2. The molecule has 0 bridgehead atoms. The van der Waals surface area contributed by atoms with Crippen molar-refractivity contribution in [1.82, 2.24) is 15.2 Å². The molecule has 0 aliphatic carbocycles. The van der Waals surface area contributed by atoms with Crippen molar-refractivity contribution in [3.8, 4) is 0 Å². The third kappa shape index (κ3) is 5.60. The summed E-state index contributed by atoms with van der Waals surface area (Å²) in [5, 5.41) is 2.68. The van der Waals surface area contributed by atoms with Crippen molar-refractivity contribution in [3.05, 3.63) is 34.2 Å². The number of aromatic nitrogens is 1. The molecule has 0 spiro atoms. The van der Waals surface area contributed by atoms with Gasteiger partial charge in [-0.2, -0.15) is 0 Å². The number of aromatic amines is 1. The van der Waals surface area contributed by atoms with Crippen molar-refractivity contribution >= 4 is 5.91 Å². The maximum atomic E-state index is 11.6. The Morgan fingerprint density at radius 1 is 1.44 bits per heavy atom. The van der Waals surface area contributed by atoms with Gasteiger partial charge in [-0.3, -0.25) is 9.59 Å². The molecule has 0 radical (unpaired) electrons. The molecule has 18 heavy (non-hydrogen) atoms. The van der Waals surface area contributed by atoms with E-state index in [0.717, 1.165) is 6.54 Å². The van der Waals surface area contributed by atoms with Crippen molar-refractivity contribution in [2.45, 2.75) is 0 Å². The van der Waals surface area contributed by atoms with Crippen molar-refractivity contribution in [2.24, 2.45) is 0 Å². The normalized spacial score (nSPS) is 10.6. The first kappa shape index (κ1) is 14.4. The summed E-state index contributed by atoms with van der Waals surface area (Å²) in [4.78, 5) is 27.1. The molecule has 100 valence electrons. The Kier molecular flexibility index (Phi) is 6.10. The highest BCUT2D eigenvalue weighted by atomic mass is 16.5. The van der Waals surface area contributed by atoms with Crippen molar-refractivity contribution in [1.29, 1.82) is 0 Å². The van der Waals surface area contributed by atoms with E-state index in [0.29, 0.717) is 25.3 Å². The topological polar surface area (TPSA) is 74.4 Å². The highest BCUT2D eigenvalue weighted by molar-refractivity contribution is 5.93. The summed E-state index contributed by atoms with van der Waals surface area (Å²) in [5.74, 6) is -0.266. The first-order valence-electron chi connectivity index (χ1n) is 5.79. The molecule has 0 saturated heterocycles. The van der Waals surface area contributed by atoms with Gasteiger partial charge in [0, 0.05) is 30.9 Å². The van der Waals surface area contributed by atoms with Crippen LogP contribution in [0.4, 0.5) is 0 Å². The number of H-pyrrole nitrogens is 1. The van der Waals surface area contributed by atoms with E-state index in [1.807, 2.05) is 19.0 Å². The van der Waals surface area contributed by atoms with Crippen LogP contribution in [0.5, 0.6) is 0 Å². The molecule has 1 amide bonds. The van der Waals surface area contributed by atoms with Crippen LogP contribution in [-0.4, -0.2) is 56.2 Å². The Labute approximate surface area is 106 Å². The first-order chi connectivity index (χ1) is 8.59. The van der Waals surface area contributed by atoms with E-state index >= 15 is 0 Å². The number of likely N-dealkylation sites (N-methyl/N-ethyl adjacent to an activating group) is 1. The summed E-state index contributed by atoms with van der Waals surface area (Å²) in [6.07, 6.45) is 1.45. The number of rotatable bonds is 7. The van der Waals surface area contributed by atoms with E-state index in [2.05, 4.69) is 10.3 Å². The van der Waals surface area contributed by atoms with Crippen molar-refractivity contribution < 1.29 is 9.53 Å². The molecule has 0 fully saturated rings. The lowest BCUT2D eigenvalue weighted by atomic mass is 10.2. The van der Waals surface area contributed by atoms with Gasteiger partial charge in [0.2, 0.25) is 5.56 Å². The van der Waals surface area contributed by atoms with Gasteiger partial charge in [0.15, 0.2) is 0 Å². The minimum atomic E-state index is -0.287. The van der Waals surface area contributed by atoms with Gasteiger partial charge in [-0.25, -0.2) is 0 Å². The average molecular weight is 253 g/mol. The van der Waals surface area contributed by atoms with Gasteiger partial charge < -0.3 is 19.9 Å². The summed E-state index contributed by atoms with van der Waals surface area (Å²) in [5.41, 5.74) is 0.0666. The predicted molar refractivity (Wildman–Crippen MR) is 68.8 cm³/mol. The van der Waals surface area contributed by atoms with Crippen LogP contribution in [-0.2, 0) is 4.74 Å². The fourth-order valence-corrected chi connectivity index (χ4v) is 1.27. The Morgan fingerprint density at radius 3 is 2.89 bits per heavy atom. The second kappa shape index (κ2) is 7.62. The molecule has 0 saturated carbocycles. The third-order valence-corrected chi connectivity index (χ3v) is 2.25. The fraction of sp³-hybridized carbons (Fsp3) is 0.500. The monoisotopic (exact) mass is 253 g/mol. The molecule has 0 aromatic carbocycles. The van der Waals surface area contributed by atoms with E-state index in [4.69, 9.17) is 4.74 Å².